The highest BCUT2D eigenvalue weighted by Crippen LogP contribution is 2.26. The lowest BCUT2D eigenvalue weighted by atomic mass is 10.0. The van der Waals surface area contributed by atoms with Gasteiger partial charge in [-0.15, -0.1) is 0 Å². The molecule has 0 saturated carbocycles. The number of rotatable bonds is 7. The van der Waals surface area contributed by atoms with Gasteiger partial charge in [-0.1, -0.05) is 56.5 Å². The standard InChI is InChI=1S/C19H21NO/c1-2-3-4-8-13-21-18-11-12-19(17(14-18)15-20)16-9-6-5-7-10-16/h5-7,9-12,14H,2-4,8,13H2,1H3. The van der Waals surface area contributed by atoms with E-state index in [9.17, 15) is 5.26 Å². The van der Waals surface area contributed by atoms with Gasteiger partial charge < -0.3 is 4.74 Å². The molecule has 0 unspecified atom stereocenters. The van der Waals surface area contributed by atoms with E-state index in [2.05, 4.69) is 13.0 Å². The highest BCUT2D eigenvalue weighted by atomic mass is 16.5. The summed E-state index contributed by atoms with van der Waals surface area (Å²) in [6, 6.07) is 18.0. The van der Waals surface area contributed by atoms with Gasteiger partial charge in [0.2, 0.25) is 0 Å². The number of benzene rings is 2. The first kappa shape index (κ1) is 15.1. The van der Waals surface area contributed by atoms with Crippen molar-refractivity contribution in [2.45, 2.75) is 32.6 Å². The van der Waals surface area contributed by atoms with E-state index in [4.69, 9.17) is 4.74 Å². The summed E-state index contributed by atoms with van der Waals surface area (Å²) in [6.45, 7) is 2.91. The molecule has 0 radical (unpaired) electrons. The molecule has 0 aliphatic rings. The van der Waals surface area contributed by atoms with Crippen molar-refractivity contribution in [3.05, 3.63) is 54.1 Å². The Bertz CT molecular complexity index is 599. The molecule has 2 rings (SSSR count). The second-order valence-corrected chi connectivity index (χ2v) is 5.09. The molecule has 0 aliphatic carbocycles. The van der Waals surface area contributed by atoms with Crippen LogP contribution in [-0.4, -0.2) is 6.61 Å². The molecule has 0 aromatic heterocycles. The van der Waals surface area contributed by atoms with Crippen molar-refractivity contribution in [3.8, 4) is 22.9 Å². The average molecular weight is 279 g/mol. The van der Waals surface area contributed by atoms with Crippen molar-refractivity contribution in [3.63, 3.8) is 0 Å². The summed E-state index contributed by atoms with van der Waals surface area (Å²) in [4.78, 5) is 0. The van der Waals surface area contributed by atoms with Gasteiger partial charge in [0, 0.05) is 0 Å². The van der Waals surface area contributed by atoms with Crippen LogP contribution in [0.5, 0.6) is 5.75 Å². The Morgan fingerprint density at radius 1 is 1.00 bits per heavy atom. The topological polar surface area (TPSA) is 33.0 Å². The molecule has 0 bridgehead atoms. The van der Waals surface area contributed by atoms with E-state index in [1.54, 1.807) is 0 Å². The van der Waals surface area contributed by atoms with Gasteiger partial charge in [0.1, 0.15) is 5.75 Å². The number of ether oxygens (including phenoxy) is 1. The summed E-state index contributed by atoms with van der Waals surface area (Å²) in [5.41, 5.74) is 2.67. The fraction of sp³-hybridized carbons (Fsp3) is 0.316. The van der Waals surface area contributed by atoms with Gasteiger partial charge in [0.05, 0.1) is 18.2 Å². The number of unbranched alkanes of at least 4 members (excludes halogenated alkanes) is 3. The predicted octanol–water partition coefficient (Wildman–Crippen LogP) is 5.18. The molecule has 0 atom stereocenters. The van der Waals surface area contributed by atoms with Gasteiger partial charge in [0.25, 0.3) is 0 Å². The van der Waals surface area contributed by atoms with Gasteiger partial charge in [0.15, 0.2) is 0 Å². The molecule has 0 fully saturated rings. The third-order valence-corrected chi connectivity index (χ3v) is 3.46. The average Bonchev–Trinajstić information content (AvgIpc) is 2.55. The van der Waals surface area contributed by atoms with Crippen LogP contribution in [-0.2, 0) is 0 Å². The Hall–Kier alpha value is -2.27. The molecule has 0 amide bonds. The first-order valence-corrected chi connectivity index (χ1v) is 7.57. The van der Waals surface area contributed by atoms with Crippen LogP contribution in [0.3, 0.4) is 0 Å². The van der Waals surface area contributed by atoms with Crippen LogP contribution in [0.15, 0.2) is 48.5 Å². The zero-order chi connectivity index (χ0) is 14.9. The maximum absolute atomic E-state index is 9.34. The molecule has 0 N–H and O–H groups in total. The summed E-state index contributed by atoms with van der Waals surface area (Å²) in [5.74, 6) is 0.780. The van der Waals surface area contributed by atoms with Crippen LogP contribution in [0.1, 0.15) is 38.2 Å². The van der Waals surface area contributed by atoms with E-state index in [-0.39, 0.29) is 0 Å². The smallest absolute Gasteiger partial charge is 0.120 e. The van der Waals surface area contributed by atoms with Crippen molar-refractivity contribution in [1.82, 2.24) is 0 Å². The van der Waals surface area contributed by atoms with Crippen molar-refractivity contribution in [2.75, 3.05) is 6.61 Å². The molecule has 2 nitrogen and oxygen atoms in total. The first-order valence-electron chi connectivity index (χ1n) is 7.57. The van der Waals surface area contributed by atoms with Crippen LogP contribution >= 0.6 is 0 Å². The largest absolute Gasteiger partial charge is 0.494 e. The van der Waals surface area contributed by atoms with Gasteiger partial charge in [-0.2, -0.15) is 5.26 Å². The zero-order valence-electron chi connectivity index (χ0n) is 12.5. The molecular formula is C19H21NO. The van der Waals surface area contributed by atoms with Gasteiger partial charge in [-0.25, -0.2) is 0 Å². The fourth-order valence-electron chi connectivity index (χ4n) is 2.29. The van der Waals surface area contributed by atoms with Gasteiger partial charge in [-0.05, 0) is 35.7 Å². The zero-order valence-corrected chi connectivity index (χ0v) is 12.5. The summed E-state index contributed by atoms with van der Waals surface area (Å²) in [5, 5.41) is 9.34. The Balaban J connectivity index is 2.05. The van der Waals surface area contributed by atoms with Crippen molar-refractivity contribution < 1.29 is 4.74 Å². The van der Waals surface area contributed by atoms with E-state index < -0.39 is 0 Å². The second-order valence-electron chi connectivity index (χ2n) is 5.09. The third-order valence-electron chi connectivity index (χ3n) is 3.46. The SMILES string of the molecule is CCCCCCOc1ccc(-c2ccccc2)c(C#N)c1. The Labute approximate surface area is 127 Å². The lowest BCUT2D eigenvalue weighted by Crippen LogP contribution is -1.98. The summed E-state index contributed by atoms with van der Waals surface area (Å²) in [6.07, 6.45) is 4.74. The van der Waals surface area contributed by atoms with Crippen molar-refractivity contribution in [2.24, 2.45) is 0 Å². The molecular weight excluding hydrogens is 258 g/mol. The minimum atomic E-state index is 0.659. The fourth-order valence-corrected chi connectivity index (χ4v) is 2.29. The van der Waals surface area contributed by atoms with Crippen LogP contribution < -0.4 is 4.74 Å². The maximum Gasteiger partial charge on any atom is 0.120 e. The molecule has 2 aromatic carbocycles. The molecule has 0 aliphatic heterocycles. The molecule has 0 saturated heterocycles. The molecule has 108 valence electrons. The second kappa shape index (κ2) is 8.11. The van der Waals surface area contributed by atoms with Crippen LogP contribution in [0, 0.1) is 11.3 Å². The predicted molar refractivity (Wildman–Crippen MR) is 86.2 cm³/mol. The molecule has 2 heteroatoms. The van der Waals surface area contributed by atoms with E-state index in [1.807, 2.05) is 48.5 Å². The van der Waals surface area contributed by atoms with Crippen LogP contribution in [0.2, 0.25) is 0 Å². The Kier molecular flexibility index (Phi) is 5.84. The maximum atomic E-state index is 9.34. The summed E-state index contributed by atoms with van der Waals surface area (Å²) in [7, 11) is 0. The molecule has 2 aromatic rings. The van der Waals surface area contributed by atoms with Crippen LogP contribution in [0.4, 0.5) is 0 Å². The quantitative estimate of drug-likeness (QED) is 0.654. The highest BCUT2D eigenvalue weighted by molar-refractivity contribution is 5.71. The summed E-state index contributed by atoms with van der Waals surface area (Å²) < 4.78 is 5.73. The first-order chi connectivity index (χ1) is 10.3. The minimum absolute atomic E-state index is 0.659. The number of nitrogens with zero attached hydrogens (tertiary/aromatic N) is 1. The van der Waals surface area contributed by atoms with E-state index >= 15 is 0 Å². The Morgan fingerprint density at radius 3 is 2.52 bits per heavy atom. The third kappa shape index (κ3) is 4.36. The lowest BCUT2D eigenvalue weighted by Gasteiger charge is -2.09. The Morgan fingerprint density at radius 2 is 1.81 bits per heavy atom. The van der Waals surface area contributed by atoms with Crippen LogP contribution in [0.25, 0.3) is 11.1 Å². The number of hydrogen-bond donors (Lipinski definition) is 0. The van der Waals surface area contributed by atoms with E-state index in [0.29, 0.717) is 5.56 Å². The minimum Gasteiger partial charge on any atom is -0.494 e. The van der Waals surface area contributed by atoms with Gasteiger partial charge >= 0.3 is 0 Å². The highest BCUT2D eigenvalue weighted by Gasteiger charge is 2.06. The monoisotopic (exact) mass is 279 g/mol. The normalized spacial score (nSPS) is 10.1. The molecule has 0 heterocycles. The number of nitriles is 1. The van der Waals surface area contributed by atoms with E-state index in [1.165, 1.54) is 19.3 Å². The van der Waals surface area contributed by atoms with Crippen molar-refractivity contribution in [1.29, 1.82) is 5.26 Å². The van der Waals surface area contributed by atoms with Crippen molar-refractivity contribution >= 4 is 0 Å². The van der Waals surface area contributed by atoms with E-state index in [0.717, 1.165) is 29.9 Å². The van der Waals surface area contributed by atoms with Gasteiger partial charge in [-0.3, -0.25) is 0 Å². The molecule has 0 spiro atoms. The summed E-state index contributed by atoms with van der Waals surface area (Å²) >= 11 is 0. The number of hydrogen-bond acceptors (Lipinski definition) is 2. The lowest BCUT2D eigenvalue weighted by molar-refractivity contribution is 0.305. The molecule has 21 heavy (non-hydrogen) atoms.